The maximum Gasteiger partial charge on any atom is 0.284 e. The summed E-state index contributed by atoms with van der Waals surface area (Å²) in [6, 6.07) is 3.46. The molecule has 1 aliphatic heterocycles. The van der Waals surface area contributed by atoms with Gasteiger partial charge in [0, 0.05) is 31.6 Å². The predicted octanol–water partition coefficient (Wildman–Crippen LogP) is 0.250. The number of hydrogen-bond donors (Lipinski definition) is 3. The van der Waals surface area contributed by atoms with Gasteiger partial charge in [0.05, 0.1) is 12.1 Å². The first-order chi connectivity index (χ1) is 13.5. The Hall–Kier alpha value is -2.04. The number of aromatic nitrogens is 1. The van der Waals surface area contributed by atoms with Crippen LogP contribution >= 0.6 is 0 Å². The van der Waals surface area contributed by atoms with Gasteiger partial charge in [0.15, 0.2) is 5.03 Å². The van der Waals surface area contributed by atoms with Gasteiger partial charge in [-0.15, -0.1) is 0 Å². The Bertz CT molecular complexity index is 828. The quantitative estimate of drug-likeness (QED) is 0.567. The van der Waals surface area contributed by atoms with E-state index in [-0.39, 0.29) is 36.2 Å². The van der Waals surface area contributed by atoms with Gasteiger partial charge in [0.1, 0.15) is 0 Å². The number of nitrogens with zero attached hydrogens (tertiary/aromatic N) is 2. The van der Waals surface area contributed by atoms with Crippen LogP contribution in [-0.2, 0) is 19.6 Å². The number of hydrogen-bond acceptors (Lipinski definition) is 7. The van der Waals surface area contributed by atoms with Crippen LogP contribution in [0.1, 0.15) is 40.0 Å². The van der Waals surface area contributed by atoms with E-state index in [1.807, 2.05) is 13.8 Å². The molecular formula is C19H30N4O5S. The summed E-state index contributed by atoms with van der Waals surface area (Å²) in [6.45, 7) is 6.20. The Morgan fingerprint density at radius 1 is 1.41 bits per heavy atom. The lowest BCUT2D eigenvalue weighted by molar-refractivity contribution is -0.130. The third-order valence-electron chi connectivity index (χ3n) is 5.15. The summed E-state index contributed by atoms with van der Waals surface area (Å²) < 4.78 is 27.4. The van der Waals surface area contributed by atoms with Gasteiger partial charge >= 0.3 is 0 Å². The minimum Gasteiger partial charge on any atom is -0.390 e. The van der Waals surface area contributed by atoms with Gasteiger partial charge in [0.25, 0.3) is 10.0 Å². The smallest absolute Gasteiger partial charge is 0.284 e. The van der Waals surface area contributed by atoms with Crippen molar-refractivity contribution in [2.75, 3.05) is 13.1 Å². The summed E-state index contributed by atoms with van der Waals surface area (Å²) in [6.07, 6.45) is 0.470. The van der Waals surface area contributed by atoms with Crippen LogP contribution < -0.4 is 11.1 Å². The Morgan fingerprint density at radius 2 is 2.10 bits per heavy atom. The fourth-order valence-electron chi connectivity index (χ4n) is 3.40. The molecule has 4 N–H and O–H groups in total. The van der Waals surface area contributed by atoms with E-state index in [0.29, 0.717) is 6.54 Å². The minimum absolute atomic E-state index is 0.118. The molecule has 1 saturated heterocycles. The van der Waals surface area contributed by atoms with Crippen molar-refractivity contribution >= 4 is 21.8 Å². The van der Waals surface area contributed by atoms with E-state index >= 15 is 0 Å². The van der Waals surface area contributed by atoms with E-state index < -0.39 is 39.9 Å². The number of sulfonamides is 1. The second-order valence-corrected chi connectivity index (χ2v) is 10.1. The van der Waals surface area contributed by atoms with Crippen LogP contribution in [0.15, 0.2) is 29.4 Å². The second-order valence-electron chi connectivity index (χ2n) is 8.34. The van der Waals surface area contributed by atoms with Crippen LogP contribution in [0.5, 0.6) is 0 Å². The standard InChI is InChI=1S/C19H30N4O5S/c1-13(18(20)26)7-8-17(25)23(29(27,28)16-6-4-5-9-22-16)14-10-19(2,3)12-21-11-15(14)24/h4-6,9,13-15,21,24H,7-8,10-12H2,1-3H3,(H2,20,26)/t13?,14?,15-/m0/s1. The molecule has 2 heterocycles. The molecule has 2 rings (SSSR count). The molecule has 1 fully saturated rings. The van der Waals surface area contributed by atoms with E-state index in [0.717, 1.165) is 4.31 Å². The first kappa shape index (κ1) is 23.2. The molecule has 0 aliphatic carbocycles. The number of carbonyl (C=O) groups excluding carboxylic acids is 2. The van der Waals surface area contributed by atoms with Crippen molar-refractivity contribution in [3.63, 3.8) is 0 Å². The predicted molar refractivity (Wildman–Crippen MR) is 107 cm³/mol. The number of amides is 2. The Labute approximate surface area is 171 Å². The Kier molecular flexibility index (Phi) is 7.36. The molecule has 1 aromatic rings. The maximum atomic E-state index is 13.3. The first-order valence-corrected chi connectivity index (χ1v) is 11.1. The molecule has 10 heteroatoms. The number of aliphatic hydroxyl groups excluding tert-OH is 1. The van der Waals surface area contributed by atoms with E-state index in [4.69, 9.17) is 5.73 Å². The van der Waals surface area contributed by atoms with Crippen LogP contribution in [0, 0.1) is 11.3 Å². The van der Waals surface area contributed by atoms with Crippen molar-refractivity contribution in [1.29, 1.82) is 0 Å². The SMILES string of the molecule is CC(CCC(=O)N(C1CC(C)(C)CNC[C@@H]1O)S(=O)(=O)c1ccccn1)C(N)=O. The van der Waals surface area contributed by atoms with Crippen molar-refractivity contribution in [2.45, 2.75) is 57.2 Å². The van der Waals surface area contributed by atoms with Crippen molar-refractivity contribution < 1.29 is 23.1 Å². The van der Waals surface area contributed by atoms with Crippen LogP contribution in [0.2, 0.25) is 0 Å². The number of nitrogens with one attached hydrogen (secondary N) is 1. The molecular weight excluding hydrogens is 396 g/mol. The average molecular weight is 427 g/mol. The van der Waals surface area contributed by atoms with E-state index in [2.05, 4.69) is 10.3 Å². The summed E-state index contributed by atoms with van der Waals surface area (Å²) >= 11 is 0. The highest BCUT2D eigenvalue weighted by atomic mass is 32.2. The number of primary amides is 1. The number of aliphatic hydroxyl groups is 1. The van der Waals surface area contributed by atoms with Crippen LogP contribution in [-0.4, -0.2) is 59.9 Å². The highest BCUT2D eigenvalue weighted by molar-refractivity contribution is 7.89. The summed E-state index contributed by atoms with van der Waals surface area (Å²) in [5.41, 5.74) is 4.91. The zero-order chi connectivity index (χ0) is 21.8. The van der Waals surface area contributed by atoms with Gasteiger partial charge in [-0.1, -0.05) is 26.8 Å². The van der Waals surface area contributed by atoms with Gasteiger partial charge in [-0.05, 0) is 30.4 Å². The maximum absolute atomic E-state index is 13.3. The monoisotopic (exact) mass is 426 g/mol. The van der Waals surface area contributed by atoms with Crippen molar-refractivity contribution in [3.8, 4) is 0 Å². The van der Waals surface area contributed by atoms with Crippen LogP contribution in [0.4, 0.5) is 0 Å². The summed E-state index contributed by atoms with van der Waals surface area (Å²) in [5.74, 6) is -1.82. The van der Waals surface area contributed by atoms with E-state index in [9.17, 15) is 23.1 Å². The summed E-state index contributed by atoms with van der Waals surface area (Å²) in [7, 11) is -4.30. The van der Waals surface area contributed by atoms with E-state index in [1.165, 1.54) is 18.3 Å². The lowest BCUT2D eigenvalue weighted by atomic mass is 9.85. The third kappa shape index (κ3) is 5.74. The summed E-state index contributed by atoms with van der Waals surface area (Å²) in [4.78, 5) is 28.3. The topological polar surface area (TPSA) is 143 Å². The summed E-state index contributed by atoms with van der Waals surface area (Å²) in [5, 5.41) is 13.5. The molecule has 2 unspecified atom stereocenters. The largest absolute Gasteiger partial charge is 0.390 e. The molecule has 9 nitrogen and oxygen atoms in total. The molecule has 1 aromatic heterocycles. The fraction of sp³-hybridized carbons (Fsp3) is 0.632. The zero-order valence-corrected chi connectivity index (χ0v) is 17.9. The van der Waals surface area contributed by atoms with Gasteiger partial charge in [0.2, 0.25) is 11.8 Å². The number of nitrogens with two attached hydrogens (primary N) is 1. The number of rotatable bonds is 7. The molecule has 0 bridgehead atoms. The van der Waals surface area contributed by atoms with Crippen molar-refractivity contribution in [1.82, 2.24) is 14.6 Å². The minimum atomic E-state index is -4.30. The fourth-order valence-corrected chi connectivity index (χ4v) is 4.98. The molecule has 162 valence electrons. The van der Waals surface area contributed by atoms with Crippen molar-refractivity contribution in [2.24, 2.45) is 17.1 Å². The lowest BCUT2D eigenvalue weighted by Gasteiger charge is -2.36. The highest BCUT2D eigenvalue weighted by Gasteiger charge is 2.43. The van der Waals surface area contributed by atoms with Crippen LogP contribution in [0.25, 0.3) is 0 Å². The molecule has 0 radical (unpaired) electrons. The molecule has 29 heavy (non-hydrogen) atoms. The molecule has 1 aliphatic rings. The third-order valence-corrected chi connectivity index (χ3v) is 6.91. The average Bonchev–Trinajstić information content (AvgIpc) is 2.78. The Morgan fingerprint density at radius 3 is 2.69 bits per heavy atom. The second kappa shape index (κ2) is 9.19. The normalized spacial score (nSPS) is 23.0. The number of β-amino-alcohol motifs (C(OH)–C–C–N with tert-alkyl or cyclic N) is 1. The molecule has 0 aromatic carbocycles. The van der Waals surface area contributed by atoms with Gasteiger partial charge in [-0.3, -0.25) is 9.59 Å². The number of carbonyl (C=O) groups is 2. The number of pyridine rings is 1. The van der Waals surface area contributed by atoms with Crippen molar-refractivity contribution in [3.05, 3.63) is 24.4 Å². The molecule has 2 amide bonds. The molecule has 0 spiro atoms. The molecule has 3 atom stereocenters. The molecule has 0 saturated carbocycles. The van der Waals surface area contributed by atoms with Gasteiger partial charge < -0.3 is 16.2 Å². The highest BCUT2D eigenvalue weighted by Crippen LogP contribution is 2.31. The lowest BCUT2D eigenvalue weighted by Crippen LogP contribution is -2.52. The van der Waals surface area contributed by atoms with Gasteiger partial charge in [-0.25, -0.2) is 9.29 Å². The first-order valence-electron chi connectivity index (χ1n) is 9.62. The Balaban J connectivity index is 2.44. The van der Waals surface area contributed by atoms with Crippen LogP contribution in [0.3, 0.4) is 0 Å². The zero-order valence-electron chi connectivity index (χ0n) is 17.0. The van der Waals surface area contributed by atoms with E-state index in [1.54, 1.807) is 13.0 Å². The van der Waals surface area contributed by atoms with Gasteiger partial charge in [-0.2, -0.15) is 8.42 Å².